The molecule has 0 spiro atoms. The first-order valence-corrected chi connectivity index (χ1v) is 12.2. The summed E-state index contributed by atoms with van der Waals surface area (Å²) in [5, 5.41) is 10.2. The summed E-state index contributed by atoms with van der Waals surface area (Å²) in [6.45, 7) is 1.74. The number of carbonyl (C=O) groups excluding carboxylic acids is 2. The second-order valence-electron chi connectivity index (χ2n) is 8.51. The van der Waals surface area contributed by atoms with Gasteiger partial charge in [-0.1, -0.05) is 42.5 Å². The van der Waals surface area contributed by atoms with E-state index < -0.39 is 0 Å². The quantitative estimate of drug-likeness (QED) is 0.387. The minimum Gasteiger partial charge on any atom is -0.347 e. The maximum atomic E-state index is 13.3. The fraction of sp³-hybridized carbons (Fsp3) is 0.192. The molecule has 2 aliphatic heterocycles. The van der Waals surface area contributed by atoms with E-state index in [9.17, 15) is 9.59 Å². The third-order valence-corrected chi connectivity index (χ3v) is 7.41. The van der Waals surface area contributed by atoms with Gasteiger partial charge >= 0.3 is 6.03 Å². The van der Waals surface area contributed by atoms with Crippen LogP contribution in [0.25, 0.3) is 21.3 Å². The maximum Gasteiger partial charge on any atom is 0.331 e. The SMILES string of the molecule is O=C(N[C@@H]1CCCNC1)c1sc2nccc3c2c1NC(=O)N3c1ccc(-c2ccccc2)cc1. The Morgan fingerprint density at radius 3 is 2.62 bits per heavy atom. The van der Waals surface area contributed by atoms with Crippen molar-refractivity contribution in [3.05, 3.63) is 71.7 Å². The number of hydrogen-bond acceptors (Lipinski definition) is 5. The number of benzene rings is 2. The molecule has 1 fully saturated rings. The summed E-state index contributed by atoms with van der Waals surface area (Å²) in [5.74, 6) is -0.168. The van der Waals surface area contributed by atoms with Crippen molar-refractivity contribution in [2.24, 2.45) is 0 Å². The lowest BCUT2D eigenvalue weighted by molar-refractivity contribution is 0.0935. The van der Waals surface area contributed by atoms with Gasteiger partial charge in [-0.2, -0.15) is 0 Å². The van der Waals surface area contributed by atoms with Gasteiger partial charge in [-0.25, -0.2) is 9.78 Å². The van der Waals surface area contributed by atoms with Crippen LogP contribution in [-0.2, 0) is 0 Å². The Balaban J connectivity index is 1.36. The first kappa shape index (κ1) is 20.8. The van der Waals surface area contributed by atoms with Crippen molar-refractivity contribution in [1.29, 1.82) is 0 Å². The van der Waals surface area contributed by atoms with Gasteiger partial charge in [0.25, 0.3) is 5.91 Å². The Hall–Kier alpha value is -3.75. The molecule has 0 saturated carbocycles. The molecule has 34 heavy (non-hydrogen) atoms. The van der Waals surface area contributed by atoms with Crippen molar-refractivity contribution in [2.75, 3.05) is 23.3 Å². The molecule has 6 rings (SSSR count). The number of rotatable bonds is 4. The summed E-state index contributed by atoms with van der Waals surface area (Å²) < 4.78 is 0. The van der Waals surface area contributed by atoms with Crippen LogP contribution in [0.4, 0.5) is 21.9 Å². The Bertz CT molecular complexity index is 1380. The van der Waals surface area contributed by atoms with Gasteiger partial charge in [0.15, 0.2) is 0 Å². The molecule has 3 N–H and O–H groups in total. The van der Waals surface area contributed by atoms with E-state index in [0.717, 1.165) is 58.6 Å². The number of carbonyl (C=O) groups is 2. The highest BCUT2D eigenvalue weighted by Crippen LogP contribution is 2.45. The molecule has 7 nitrogen and oxygen atoms in total. The number of anilines is 3. The van der Waals surface area contributed by atoms with Crippen molar-refractivity contribution in [2.45, 2.75) is 18.9 Å². The summed E-state index contributed by atoms with van der Waals surface area (Å²) >= 11 is 1.31. The molecule has 1 atom stereocenters. The van der Waals surface area contributed by atoms with Gasteiger partial charge in [-0.05, 0) is 48.7 Å². The number of amides is 3. The van der Waals surface area contributed by atoms with Gasteiger partial charge in [-0.15, -0.1) is 11.3 Å². The fourth-order valence-corrected chi connectivity index (χ4v) is 5.68. The molecule has 0 aliphatic carbocycles. The minimum atomic E-state index is -0.292. The van der Waals surface area contributed by atoms with Crippen molar-refractivity contribution in [3.63, 3.8) is 0 Å². The number of thiophene rings is 1. The highest BCUT2D eigenvalue weighted by atomic mass is 32.1. The molecular weight excluding hydrogens is 446 g/mol. The number of nitrogens with zero attached hydrogens (tertiary/aromatic N) is 2. The summed E-state index contributed by atoms with van der Waals surface area (Å²) in [6.07, 6.45) is 3.67. The van der Waals surface area contributed by atoms with Crippen LogP contribution in [0, 0.1) is 0 Å². The summed E-state index contributed by atoms with van der Waals surface area (Å²) in [7, 11) is 0. The summed E-state index contributed by atoms with van der Waals surface area (Å²) in [6, 6.07) is 19.6. The smallest absolute Gasteiger partial charge is 0.331 e. The Labute approximate surface area is 200 Å². The lowest BCUT2D eigenvalue weighted by Crippen LogP contribution is -2.45. The zero-order valence-corrected chi connectivity index (χ0v) is 19.2. The molecule has 3 amide bonds. The Morgan fingerprint density at radius 1 is 1.06 bits per heavy atom. The molecule has 1 saturated heterocycles. The van der Waals surface area contributed by atoms with Crippen LogP contribution in [0.3, 0.4) is 0 Å². The van der Waals surface area contributed by atoms with Crippen LogP contribution in [0.1, 0.15) is 22.5 Å². The molecule has 0 unspecified atom stereocenters. The maximum absolute atomic E-state index is 13.3. The lowest BCUT2D eigenvalue weighted by Gasteiger charge is -2.28. The fourth-order valence-electron chi connectivity index (χ4n) is 4.66. The van der Waals surface area contributed by atoms with E-state index in [1.54, 1.807) is 11.1 Å². The van der Waals surface area contributed by atoms with Gasteiger partial charge in [0.2, 0.25) is 0 Å². The van der Waals surface area contributed by atoms with E-state index in [1.807, 2.05) is 48.5 Å². The van der Waals surface area contributed by atoms with Gasteiger partial charge in [-0.3, -0.25) is 9.69 Å². The number of urea groups is 1. The zero-order valence-electron chi connectivity index (χ0n) is 18.4. The van der Waals surface area contributed by atoms with E-state index >= 15 is 0 Å². The minimum absolute atomic E-state index is 0.0880. The lowest BCUT2D eigenvalue weighted by atomic mass is 10.0. The molecular formula is C26H23N5O2S. The molecule has 2 aromatic carbocycles. The standard InChI is InChI=1S/C26H23N5O2S/c32-24(29-18-7-4-13-27-15-18)23-22-21-20(12-14-28-25(21)34-23)31(26(33)30-22)19-10-8-17(9-11-19)16-5-2-1-3-6-16/h1-3,5-6,8-12,14,18,27H,4,7,13,15H2,(H,29,32)(H,30,33)/t18-/m1/s1. The topological polar surface area (TPSA) is 86.4 Å². The van der Waals surface area contributed by atoms with Crippen LogP contribution in [-0.4, -0.2) is 36.1 Å². The first-order chi connectivity index (χ1) is 16.7. The molecule has 0 bridgehead atoms. The Morgan fingerprint density at radius 2 is 1.85 bits per heavy atom. The van der Waals surface area contributed by atoms with Crippen LogP contribution in [0.5, 0.6) is 0 Å². The number of piperidine rings is 1. The van der Waals surface area contributed by atoms with Crippen LogP contribution in [0.2, 0.25) is 0 Å². The number of nitrogens with one attached hydrogen (secondary N) is 3. The number of hydrogen-bond donors (Lipinski definition) is 3. The predicted molar refractivity (Wildman–Crippen MR) is 136 cm³/mol. The van der Waals surface area contributed by atoms with Crippen molar-refractivity contribution in [1.82, 2.24) is 15.6 Å². The molecule has 2 aromatic heterocycles. The number of pyridine rings is 1. The molecule has 170 valence electrons. The molecule has 2 aliphatic rings. The van der Waals surface area contributed by atoms with E-state index in [2.05, 4.69) is 33.1 Å². The largest absolute Gasteiger partial charge is 0.347 e. The second kappa shape index (κ2) is 8.55. The third kappa shape index (κ3) is 3.61. The number of aromatic nitrogens is 1. The van der Waals surface area contributed by atoms with Crippen molar-refractivity contribution < 1.29 is 9.59 Å². The van der Waals surface area contributed by atoms with E-state index in [0.29, 0.717) is 10.6 Å². The normalized spacial score (nSPS) is 17.5. The predicted octanol–water partition coefficient (Wildman–Crippen LogP) is 5.13. The van der Waals surface area contributed by atoms with Gasteiger partial charge in [0, 0.05) is 18.8 Å². The van der Waals surface area contributed by atoms with Gasteiger partial charge in [0.05, 0.1) is 22.4 Å². The summed E-state index contributed by atoms with van der Waals surface area (Å²) in [5.41, 5.74) is 4.22. The van der Waals surface area contributed by atoms with E-state index in [1.165, 1.54) is 11.3 Å². The summed E-state index contributed by atoms with van der Waals surface area (Å²) in [4.78, 5) is 33.7. The van der Waals surface area contributed by atoms with Gasteiger partial charge < -0.3 is 16.0 Å². The molecule has 4 aromatic rings. The Kier molecular flexibility index (Phi) is 5.24. The average Bonchev–Trinajstić information content (AvgIpc) is 3.25. The molecule has 0 radical (unpaired) electrons. The third-order valence-electron chi connectivity index (χ3n) is 6.32. The van der Waals surface area contributed by atoms with Crippen LogP contribution in [0.15, 0.2) is 66.9 Å². The van der Waals surface area contributed by atoms with Crippen LogP contribution >= 0.6 is 11.3 Å². The van der Waals surface area contributed by atoms with E-state index in [-0.39, 0.29) is 18.0 Å². The van der Waals surface area contributed by atoms with Gasteiger partial charge in [0.1, 0.15) is 9.71 Å². The first-order valence-electron chi connectivity index (χ1n) is 11.4. The molecule has 8 heteroatoms. The highest BCUT2D eigenvalue weighted by molar-refractivity contribution is 7.21. The highest BCUT2D eigenvalue weighted by Gasteiger charge is 2.33. The molecule has 4 heterocycles. The van der Waals surface area contributed by atoms with E-state index in [4.69, 9.17) is 0 Å². The van der Waals surface area contributed by atoms with Crippen LogP contribution < -0.4 is 20.9 Å². The zero-order chi connectivity index (χ0) is 23.1. The second-order valence-corrected chi connectivity index (χ2v) is 9.51. The average molecular weight is 470 g/mol. The monoisotopic (exact) mass is 469 g/mol. The van der Waals surface area contributed by atoms with Crippen molar-refractivity contribution in [3.8, 4) is 11.1 Å². The van der Waals surface area contributed by atoms with Crippen molar-refractivity contribution >= 4 is 50.6 Å².